The molecule has 2 N–H and O–H groups in total. The molecule has 1 nitrogen and oxygen atoms in total. The van der Waals surface area contributed by atoms with Gasteiger partial charge in [-0.1, -0.05) is 96.8 Å². The monoisotopic (exact) mass is 295 g/mol. The predicted octanol–water partition coefficient (Wildman–Crippen LogP) is 6.60. The first-order valence-corrected chi connectivity index (χ1v) is 10.1. The van der Waals surface area contributed by atoms with Gasteiger partial charge in [-0.2, -0.15) is 0 Å². The molecule has 1 aliphatic rings. The van der Waals surface area contributed by atoms with Gasteiger partial charge in [-0.25, -0.2) is 0 Å². The van der Waals surface area contributed by atoms with Gasteiger partial charge in [-0.15, -0.1) is 0 Å². The van der Waals surface area contributed by atoms with E-state index in [0.717, 1.165) is 5.92 Å². The van der Waals surface area contributed by atoms with Crippen LogP contribution in [0.25, 0.3) is 0 Å². The minimum absolute atomic E-state index is 0.486. The summed E-state index contributed by atoms with van der Waals surface area (Å²) in [6.45, 7) is 2.29. The second-order valence-electron chi connectivity index (χ2n) is 7.46. The van der Waals surface area contributed by atoms with Crippen molar-refractivity contribution in [3.63, 3.8) is 0 Å². The van der Waals surface area contributed by atoms with Gasteiger partial charge in [0.15, 0.2) is 0 Å². The molecular formula is C20H41N. The molecule has 0 aliphatic heterocycles. The zero-order valence-corrected chi connectivity index (χ0v) is 14.8. The van der Waals surface area contributed by atoms with Crippen LogP contribution >= 0.6 is 0 Å². The van der Waals surface area contributed by atoms with Gasteiger partial charge in [0.25, 0.3) is 0 Å². The molecule has 1 atom stereocenters. The van der Waals surface area contributed by atoms with Crippen molar-refractivity contribution in [3.8, 4) is 0 Å². The maximum atomic E-state index is 6.26. The minimum Gasteiger partial charge on any atom is -0.328 e. The van der Waals surface area contributed by atoms with Crippen molar-refractivity contribution in [1.29, 1.82) is 0 Å². The molecule has 0 bridgehead atoms. The fourth-order valence-electron chi connectivity index (χ4n) is 3.79. The Bertz CT molecular complexity index is 208. The summed E-state index contributed by atoms with van der Waals surface area (Å²) < 4.78 is 0. The van der Waals surface area contributed by atoms with Crippen LogP contribution in [0.3, 0.4) is 0 Å². The van der Waals surface area contributed by atoms with Gasteiger partial charge in [0.05, 0.1) is 0 Å². The first kappa shape index (κ1) is 19.0. The van der Waals surface area contributed by atoms with Crippen LogP contribution in [-0.4, -0.2) is 6.04 Å². The molecule has 1 fully saturated rings. The van der Waals surface area contributed by atoms with Crippen LogP contribution < -0.4 is 5.73 Å². The highest BCUT2D eigenvalue weighted by Gasteiger charge is 2.15. The maximum Gasteiger partial charge on any atom is 0.00389 e. The van der Waals surface area contributed by atoms with Gasteiger partial charge in [-0.3, -0.25) is 0 Å². The van der Waals surface area contributed by atoms with Crippen LogP contribution in [0.15, 0.2) is 0 Å². The molecular weight excluding hydrogens is 254 g/mol. The van der Waals surface area contributed by atoms with E-state index in [4.69, 9.17) is 5.73 Å². The number of nitrogens with two attached hydrogens (primary N) is 1. The van der Waals surface area contributed by atoms with E-state index in [2.05, 4.69) is 6.92 Å². The van der Waals surface area contributed by atoms with Crippen LogP contribution in [0.1, 0.15) is 116 Å². The number of unbranched alkanes of at least 4 members (excludes halogenated alkanes) is 9. The predicted molar refractivity (Wildman–Crippen MR) is 95.6 cm³/mol. The molecule has 0 aromatic heterocycles. The zero-order valence-electron chi connectivity index (χ0n) is 14.8. The molecule has 21 heavy (non-hydrogen) atoms. The summed E-state index contributed by atoms with van der Waals surface area (Å²) in [5.74, 6) is 1.02. The highest BCUT2D eigenvalue weighted by Crippen LogP contribution is 2.29. The van der Waals surface area contributed by atoms with Crippen molar-refractivity contribution in [2.24, 2.45) is 11.7 Å². The van der Waals surface area contributed by atoms with Crippen LogP contribution in [0.5, 0.6) is 0 Å². The zero-order chi connectivity index (χ0) is 15.2. The summed E-state index contributed by atoms with van der Waals surface area (Å²) >= 11 is 0. The molecule has 0 radical (unpaired) electrons. The first-order chi connectivity index (χ1) is 10.3. The first-order valence-electron chi connectivity index (χ1n) is 10.1. The molecule has 0 aromatic carbocycles. The van der Waals surface area contributed by atoms with Gasteiger partial charge in [0, 0.05) is 6.04 Å². The molecule has 1 aliphatic carbocycles. The van der Waals surface area contributed by atoms with Gasteiger partial charge in [0.2, 0.25) is 0 Å². The Hall–Kier alpha value is -0.0400. The fourth-order valence-corrected chi connectivity index (χ4v) is 3.79. The Balaban J connectivity index is 1.76. The topological polar surface area (TPSA) is 26.0 Å². The van der Waals surface area contributed by atoms with Crippen molar-refractivity contribution in [2.75, 3.05) is 0 Å². The Morgan fingerprint density at radius 3 is 1.86 bits per heavy atom. The molecule has 126 valence electrons. The third kappa shape index (κ3) is 11.2. The highest BCUT2D eigenvalue weighted by molar-refractivity contribution is 4.70. The lowest BCUT2D eigenvalue weighted by atomic mass is 9.96. The third-order valence-electron chi connectivity index (χ3n) is 5.35. The molecule has 0 saturated heterocycles. The molecule has 0 amide bonds. The summed E-state index contributed by atoms with van der Waals surface area (Å²) in [5, 5.41) is 0. The summed E-state index contributed by atoms with van der Waals surface area (Å²) in [5.41, 5.74) is 6.26. The van der Waals surface area contributed by atoms with E-state index in [9.17, 15) is 0 Å². The largest absolute Gasteiger partial charge is 0.328 e. The third-order valence-corrected chi connectivity index (χ3v) is 5.35. The van der Waals surface area contributed by atoms with Crippen LogP contribution in [0.2, 0.25) is 0 Å². The van der Waals surface area contributed by atoms with Crippen LogP contribution in [0.4, 0.5) is 0 Å². The van der Waals surface area contributed by atoms with Crippen molar-refractivity contribution < 1.29 is 0 Å². The number of hydrogen-bond acceptors (Lipinski definition) is 1. The van der Waals surface area contributed by atoms with E-state index in [1.54, 1.807) is 0 Å². The lowest BCUT2D eigenvalue weighted by Crippen LogP contribution is -2.20. The normalized spacial score (nSPS) is 17.4. The fraction of sp³-hybridized carbons (Fsp3) is 1.00. The van der Waals surface area contributed by atoms with Crippen molar-refractivity contribution in [3.05, 3.63) is 0 Å². The van der Waals surface area contributed by atoms with Gasteiger partial charge < -0.3 is 5.73 Å². The van der Waals surface area contributed by atoms with E-state index in [1.807, 2.05) is 0 Å². The quantitative estimate of drug-likeness (QED) is 0.359. The second kappa shape index (κ2) is 13.6. The Labute approximate surface area is 134 Å². The summed E-state index contributed by atoms with van der Waals surface area (Å²) in [4.78, 5) is 0. The second-order valence-corrected chi connectivity index (χ2v) is 7.46. The smallest absolute Gasteiger partial charge is 0.00389 e. The van der Waals surface area contributed by atoms with Gasteiger partial charge in [0.1, 0.15) is 0 Å². The van der Waals surface area contributed by atoms with E-state index in [-0.39, 0.29) is 0 Å². The maximum absolute atomic E-state index is 6.26. The summed E-state index contributed by atoms with van der Waals surface area (Å²) in [7, 11) is 0. The SMILES string of the molecule is CCCCCCCCCCCCC(N)CCC1CCCC1. The molecule has 0 aromatic rings. The molecule has 1 saturated carbocycles. The minimum atomic E-state index is 0.486. The summed E-state index contributed by atoms with van der Waals surface area (Å²) in [6, 6.07) is 0.486. The number of hydrogen-bond donors (Lipinski definition) is 1. The van der Waals surface area contributed by atoms with Crippen molar-refractivity contribution in [1.82, 2.24) is 0 Å². The standard InChI is InChI=1S/C20H41N/c1-2-3-4-5-6-7-8-9-10-11-16-20(21)18-17-19-14-12-13-15-19/h19-20H,2-18,21H2,1H3. The summed E-state index contributed by atoms with van der Waals surface area (Å²) in [6.07, 6.45) is 24.1. The Kier molecular flexibility index (Phi) is 12.3. The van der Waals surface area contributed by atoms with Gasteiger partial charge in [-0.05, 0) is 25.2 Å². The Morgan fingerprint density at radius 2 is 1.29 bits per heavy atom. The average Bonchev–Trinajstić information content (AvgIpc) is 3.00. The molecule has 1 unspecified atom stereocenters. The van der Waals surface area contributed by atoms with E-state index in [0.29, 0.717) is 6.04 Å². The van der Waals surface area contributed by atoms with E-state index in [1.165, 1.54) is 109 Å². The van der Waals surface area contributed by atoms with E-state index >= 15 is 0 Å². The lowest BCUT2D eigenvalue weighted by molar-refractivity contribution is 0.426. The molecule has 1 rings (SSSR count). The molecule has 1 heteroatoms. The van der Waals surface area contributed by atoms with Gasteiger partial charge >= 0.3 is 0 Å². The van der Waals surface area contributed by atoms with Crippen molar-refractivity contribution in [2.45, 2.75) is 122 Å². The lowest BCUT2D eigenvalue weighted by Gasteiger charge is -2.14. The van der Waals surface area contributed by atoms with Crippen LogP contribution in [-0.2, 0) is 0 Å². The number of rotatable bonds is 14. The Morgan fingerprint density at radius 1 is 0.762 bits per heavy atom. The molecule has 0 spiro atoms. The highest BCUT2D eigenvalue weighted by atomic mass is 14.6. The van der Waals surface area contributed by atoms with E-state index < -0.39 is 0 Å². The average molecular weight is 296 g/mol. The van der Waals surface area contributed by atoms with Crippen molar-refractivity contribution >= 4 is 0 Å². The molecule has 0 heterocycles. The van der Waals surface area contributed by atoms with Crippen LogP contribution in [0, 0.1) is 5.92 Å².